The highest BCUT2D eigenvalue weighted by Crippen LogP contribution is 2.26. The van der Waals surface area contributed by atoms with Crippen molar-refractivity contribution in [2.45, 2.75) is 37.8 Å². The van der Waals surface area contributed by atoms with Crippen LogP contribution in [0.3, 0.4) is 0 Å². The van der Waals surface area contributed by atoms with Gasteiger partial charge in [0.2, 0.25) is 0 Å². The molecule has 0 spiro atoms. The number of para-hydroxylation sites is 1. The average Bonchev–Trinajstić information content (AvgIpc) is 2.93. The normalized spacial score (nSPS) is 23.7. The Kier molecular flexibility index (Phi) is 5.56. The first-order valence-corrected chi connectivity index (χ1v) is 9.07. The lowest BCUT2D eigenvalue weighted by Gasteiger charge is -2.23. The van der Waals surface area contributed by atoms with Crippen LogP contribution in [0.15, 0.2) is 35.4 Å². The van der Waals surface area contributed by atoms with Crippen molar-refractivity contribution >= 4 is 23.3 Å². The molecule has 1 aromatic rings. The Morgan fingerprint density at radius 1 is 1.15 bits per heavy atom. The van der Waals surface area contributed by atoms with Gasteiger partial charge in [-0.25, -0.2) is 4.79 Å². The van der Waals surface area contributed by atoms with E-state index in [2.05, 4.69) is 24.1 Å². The number of aliphatic carboxylic acids is 1. The lowest BCUT2D eigenvalue weighted by Crippen LogP contribution is -2.38. The van der Waals surface area contributed by atoms with E-state index in [1.54, 1.807) is 12.1 Å². The number of nitrogens with zero attached hydrogens (tertiary/aromatic N) is 4. The highest BCUT2D eigenvalue weighted by Gasteiger charge is 2.37. The van der Waals surface area contributed by atoms with Gasteiger partial charge in [-0.15, -0.1) is 0 Å². The molecular weight excluding hydrogens is 332 g/mol. The SMILES string of the molecule is CN(C)C1CCCN(C(=O)C2=NN(c3ccccc3)C(C(=O)O)C2)CC1. The van der Waals surface area contributed by atoms with E-state index in [-0.39, 0.29) is 12.3 Å². The van der Waals surface area contributed by atoms with Crippen molar-refractivity contribution in [1.82, 2.24) is 9.80 Å². The molecule has 140 valence electrons. The number of anilines is 1. The van der Waals surface area contributed by atoms with E-state index in [1.165, 1.54) is 5.01 Å². The van der Waals surface area contributed by atoms with Crippen molar-refractivity contribution in [3.05, 3.63) is 30.3 Å². The zero-order valence-electron chi connectivity index (χ0n) is 15.3. The Hall–Kier alpha value is -2.41. The predicted octanol–water partition coefficient (Wildman–Crippen LogP) is 1.65. The fraction of sp³-hybridized carbons (Fsp3) is 0.526. The molecule has 1 fully saturated rings. The zero-order chi connectivity index (χ0) is 18.7. The van der Waals surface area contributed by atoms with Crippen molar-refractivity contribution in [2.75, 3.05) is 32.2 Å². The minimum Gasteiger partial charge on any atom is -0.480 e. The van der Waals surface area contributed by atoms with Crippen LogP contribution >= 0.6 is 0 Å². The second-order valence-corrected chi connectivity index (χ2v) is 7.13. The third-order valence-corrected chi connectivity index (χ3v) is 5.18. The molecule has 2 aliphatic rings. The third kappa shape index (κ3) is 3.88. The van der Waals surface area contributed by atoms with Gasteiger partial charge in [0.15, 0.2) is 6.04 Å². The van der Waals surface area contributed by atoms with Crippen LogP contribution in [0.25, 0.3) is 0 Å². The summed E-state index contributed by atoms with van der Waals surface area (Å²) in [5.74, 6) is -1.10. The number of carboxylic acid groups (broad SMARTS) is 1. The standard InChI is InChI=1S/C19H26N4O3/c1-21(2)14-9-6-11-22(12-10-14)18(24)16-13-17(19(25)26)23(20-16)15-7-4-3-5-8-15/h3-5,7-8,14,17H,6,9-13H2,1-2H3,(H,25,26). The molecule has 0 radical (unpaired) electrons. The number of carboxylic acids is 1. The maximum Gasteiger partial charge on any atom is 0.328 e. The average molecular weight is 358 g/mol. The second-order valence-electron chi connectivity index (χ2n) is 7.13. The molecule has 0 saturated carbocycles. The molecule has 7 heteroatoms. The summed E-state index contributed by atoms with van der Waals surface area (Å²) in [5, 5.41) is 15.4. The zero-order valence-corrected chi connectivity index (χ0v) is 15.3. The van der Waals surface area contributed by atoms with E-state index in [4.69, 9.17) is 0 Å². The second kappa shape index (κ2) is 7.86. The van der Waals surface area contributed by atoms with Gasteiger partial charge in [-0.2, -0.15) is 5.10 Å². The predicted molar refractivity (Wildman–Crippen MR) is 100 cm³/mol. The maximum atomic E-state index is 12.9. The summed E-state index contributed by atoms with van der Waals surface area (Å²) >= 11 is 0. The molecule has 2 atom stereocenters. The Morgan fingerprint density at radius 3 is 2.54 bits per heavy atom. The first-order chi connectivity index (χ1) is 12.5. The number of rotatable bonds is 4. The van der Waals surface area contributed by atoms with Crippen molar-refractivity contribution < 1.29 is 14.7 Å². The van der Waals surface area contributed by atoms with E-state index in [0.717, 1.165) is 19.3 Å². The number of hydrazone groups is 1. The van der Waals surface area contributed by atoms with Crippen LogP contribution in [0.5, 0.6) is 0 Å². The van der Waals surface area contributed by atoms with Gasteiger partial charge >= 0.3 is 5.97 Å². The van der Waals surface area contributed by atoms with Gasteiger partial charge in [-0.05, 0) is 45.5 Å². The van der Waals surface area contributed by atoms with Crippen molar-refractivity contribution in [3.8, 4) is 0 Å². The lowest BCUT2D eigenvalue weighted by molar-refractivity contribution is -0.138. The number of benzene rings is 1. The quantitative estimate of drug-likeness (QED) is 0.886. The number of hydrogen-bond donors (Lipinski definition) is 1. The van der Waals surface area contributed by atoms with Crippen LogP contribution in [0.4, 0.5) is 5.69 Å². The van der Waals surface area contributed by atoms with E-state index >= 15 is 0 Å². The first-order valence-electron chi connectivity index (χ1n) is 9.07. The van der Waals surface area contributed by atoms with Gasteiger partial charge < -0.3 is 14.9 Å². The van der Waals surface area contributed by atoms with Crippen molar-refractivity contribution in [1.29, 1.82) is 0 Å². The Balaban J connectivity index is 1.76. The largest absolute Gasteiger partial charge is 0.480 e. The lowest BCUT2D eigenvalue weighted by atomic mass is 10.1. The number of amides is 1. The minimum atomic E-state index is -0.969. The molecule has 7 nitrogen and oxygen atoms in total. The molecular formula is C19H26N4O3. The number of hydrogen-bond acceptors (Lipinski definition) is 5. The van der Waals surface area contributed by atoms with Crippen LogP contribution < -0.4 is 5.01 Å². The molecule has 0 bridgehead atoms. The Bertz CT molecular complexity index is 689. The van der Waals surface area contributed by atoms with E-state index in [0.29, 0.717) is 30.5 Å². The Morgan fingerprint density at radius 2 is 1.88 bits per heavy atom. The molecule has 0 aromatic heterocycles. The van der Waals surface area contributed by atoms with E-state index in [9.17, 15) is 14.7 Å². The summed E-state index contributed by atoms with van der Waals surface area (Å²) in [6.07, 6.45) is 3.08. The van der Waals surface area contributed by atoms with Gasteiger partial charge in [-0.3, -0.25) is 9.80 Å². The molecule has 2 unspecified atom stereocenters. The molecule has 0 aliphatic carbocycles. The highest BCUT2D eigenvalue weighted by molar-refractivity contribution is 6.40. The van der Waals surface area contributed by atoms with Gasteiger partial charge in [-0.1, -0.05) is 18.2 Å². The Labute approximate surface area is 153 Å². The van der Waals surface area contributed by atoms with Gasteiger partial charge in [0.1, 0.15) is 5.71 Å². The minimum absolute atomic E-state index is 0.130. The van der Waals surface area contributed by atoms with Crippen LogP contribution in [0.2, 0.25) is 0 Å². The first kappa shape index (κ1) is 18.4. The van der Waals surface area contributed by atoms with Crippen LogP contribution in [0, 0.1) is 0 Å². The monoisotopic (exact) mass is 358 g/mol. The summed E-state index contributed by atoms with van der Waals surface area (Å²) in [6.45, 7) is 1.38. The van der Waals surface area contributed by atoms with E-state index in [1.807, 2.05) is 23.1 Å². The molecule has 26 heavy (non-hydrogen) atoms. The topological polar surface area (TPSA) is 76.5 Å². The fourth-order valence-electron chi connectivity index (χ4n) is 3.63. The van der Waals surface area contributed by atoms with E-state index < -0.39 is 12.0 Å². The van der Waals surface area contributed by atoms with Crippen molar-refractivity contribution in [2.24, 2.45) is 5.10 Å². The molecule has 2 aliphatic heterocycles. The van der Waals surface area contributed by atoms with Crippen LogP contribution in [-0.2, 0) is 9.59 Å². The molecule has 2 heterocycles. The number of carbonyl (C=O) groups is 2. The summed E-state index contributed by atoms with van der Waals surface area (Å²) in [7, 11) is 4.14. The molecule has 1 aromatic carbocycles. The maximum absolute atomic E-state index is 12.9. The van der Waals surface area contributed by atoms with Crippen LogP contribution in [-0.4, -0.2) is 71.8 Å². The number of likely N-dealkylation sites (tertiary alicyclic amines) is 1. The molecule has 1 amide bonds. The number of carbonyl (C=O) groups excluding carboxylic acids is 1. The van der Waals surface area contributed by atoms with Crippen molar-refractivity contribution in [3.63, 3.8) is 0 Å². The third-order valence-electron chi connectivity index (χ3n) is 5.18. The summed E-state index contributed by atoms with van der Waals surface area (Å²) in [6, 6.07) is 8.79. The highest BCUT2D eigenvalue weighted by atomic mass is 16.4. The van der Waals surface area contributed by atoms with Gasteiger partial charge in [0, 0.05) is 25.6 Å². The van der Waals surface area contributed by atoms with Crippen LogP contribution in [0.1, 0.15) is 25.7 Å². The summed E-state index contributed by atoms with van der Waals surface area (Å²) in [5.41, 5.74) is 1.02. The van der Waals surface area contributed by atoms with Gasteiger partial charge in [0.25, 0.3) is 5.91 Å². The molecule has 3 rings (SSSR count). The smallest absolute Gasteiger partial charge is 0.328 e. The summed E-state index contributed by atoms with van der Waals surface area (Å²) < 4.78 is 0. The molecule has 1 saturated heterocycles. The summed E-state index contributed by atoms with van der Waals surface area (Å²) in [4.78, 5) is 28.6. The fourth-order valence-corrected chi connectivity index (χ4v) is 3.63. The van der Waals surface area contributed by atoms with Gasteiger partial charge in [0.05, 0.1) is 5.69 Å². The molecule has 1 N–H and O–H groups in total.